The Morgan fingerprint density at radius 3 is 2.80 bits per heavy atom. The topological polar surface area (TPSA) is 44.7 Å². The molecule has 0 amide bonds. The first-order chi connectivity index (χ1) is 9.70. The second-order valence-corrected chi connectivity index (χ2v) is 5.57. The molecule has 0 radical (unpaired) electrons. The molecule has 0 spiro atoms. The van der Waals surface area contributed by atoms with E-state index in [1.807, 2.05) is 6.07 Å². The van der Waals surface area contributed by atoms with E-state index in [-0.39, 0.29) is 6.10 Å². The predicted octanol–water partition coefficient (Wildman–Crippen LogP) is 2.04. The van der Waals surface area contributed by atoms with E-state index in [0.29, 0.717) is 6.61 Å². The average Bonchev–Trinajstić information content (AvgIpc) is 2.46. The molecule has 1 fully saturated rings. The van der Waals surface area contributed by atoms with Crippen molar-refractivity contribution in [2.45, 2.75) is 25.5 Å². The molecular formula is C15H23ClN2O2. The number of hydrogen-bond donors (Lipinski definition) is 2. The number of rotatable bonds is 6. The fourth-order valence-corrected chi connectivity index (χ4v) is 2.64. The lowest BCUT2D eigenvalue weighted by molar-refractivity contribution is 0.145. The Hall–Kier alpha value is -0.810. The minimum Gasteiger partial charge on any atom is -0.393 e. The van der Waals surface area contributed by atoms with E-state index in [1.54, 1.807) is 7.11 Å². The third-order valence-electron chi connectivity index (χ3n) is 3.66. The summed E-state index contributed by atoms with van der Waals surface area (Å²) in [4.78, 5) is 2.28. The van der Waals surface area contributed by atoms with Crippen LogP contribution in [0.3, 0.4) is 0 Å². The maximum Gasteiger partial charge on any atom is 0.0587 e. The molecule has 4 nitrogen and oxygen atoms in total. The van der Waals surface area contributed by atoms with Crippen molar-refractivity contribution in [1.29, 1.82) is 0 Å². The van der Waals surface area contributed by atoms with E-state index in [9.17, 15) is 5.11 Å². The number of nitrogens with zero attached hydrogens (tertiary/aromatic N) is 1. The number of anilines is 1. The van der Waals surface area contributed by atoms with Crippen LogP contribution >= 0.6 is 11.6 Å². The number of aliphatic hydroxyl groups excluding tert-OH is 1. The van der Waals surface area contributed by atoms with Gasteiger partial charge in [-0.05, 0) is 30.5 Å². The van der Waals surface area contributed by atoms with Crippen LogP contribution in [0.15, 0.2) is 18.2 Å². The predicted molar refractivity (Wildman–Crippen MR) is 82.5 cm³/mol. The Balaban J connectivity index is 1.91. The van der Waals surface area contributed by atoms with Crippen LogP contribution in [0, 0.1) is 0 Å². The van der Waals surface area contributed by atoms with Gasteiger partial charge in [-0.2, -0.15) is 0 Å². The first-order valence-corrected chi connectivity index (χ1v) is 7.49. The van der Waals surface area contributed by atoms with E-state index >= 15 is 0 Å². The number of nitrogens with one attached hydrogen (secondary N) is 1. The lowest BCUT2D eigenvalue weighted by Crippen LogP contribution is -2.35. The minimum absolute atomic E-state index is 0.147. The molecule has 1 aromatic rings. The van der Waals surface area contributed by atoms with Gasteiger partial charge in [0.25, 0.3) is 0 Å². The summed E-state index contributed by atoms with van der Waals surface area (Å²) < 4.78 is 4.99. The summed E-state index contributed by atoms with van der Waals surface area (Å²) in [5.74, 6) is 0. The quantitative estimate of drug-likeness (QED) is 0.789. The van der Waals surface area contributed by atoms with Gasteiger partial charge in [0.15, 0.2) is 0 Å². The van der Waals surface area contributed by atoms with Crippen molar-refractivity contribution in [3.05, 3.63) is 28.8 Å². The van der Waals surface area contributed by atoms with E-state index < -0.39 is 0 Å². The first-order valence-electron chi connectivity index (χ1n) is 7.12. The zero-order chi connectivity index (χ0) is 14.4. The summed E-state index contributed by atoms with van der Waals surface area (Å²) in [6.07, 6.45) is 1.52. The first kappa shape index (κ1) is 15.6. The largest absolute Gasteiger partial charge is 0.393 e. The fourth-order valence-electron chi connectivity index (χ4n) is 2.40. The number of ether oxygens (including phenoxy) is 1. The highest BCUT2D eigenvalue weighted by Crippen LogP contribution is 2.26. The Bertz CT molecular complexity index is 420. The van der Waals surface area contributed by atoms with Crippen molar-refractivity contribution in [3.63, 3.8) is 0 Å². The van der Waals surface area contributed by atoms with Crippen LogP contribution in [0.1, 0.15) is 18.4 Å². The highest BCUT2D eigenvalue weighted by atomic mass is 35.5. The lowest BCUT2D eigenvalue weighted by Gasteiger charge is -2.31. The third-order valence-corrected chi connectivity index (χ3v) is 4.02. The molecule has 1 aliphatic rings. The summed E-state index contributed by atoms with van der Waals surface area (Å²) in [5.41, 5.74) is 2.24. The molecule has 1 aromatic carbocycles. The molecule has 1 aliphatic heterocycles. The SMILES string of the molecule is COCCNCc1ccc(N2CCC(O)CC2)cc1Cl. The van der Waals surface area contributed by atoms with Gasteiger partial charge in [-0.1, -0.05) is 17.7 Å². The number of benzene rings is 1. The molecule has 1 saturated heterocycles. The Morgan fingerprint density at radius 2 is 2.15 bits per heavy atom. The van der Waals surface area contributed by atoms with Crippen LogP contribution in [0.2, 0.25) is 5.02 Å². The average molecular weight is 299 g/mol. The molecule has 0 aromatic heterocycles. The van der Waals surface area contributed by atoms with Gasteiger partial charge in [-0.3, -0.25) is 0 Å². The van der Waals surface area contributed by atoms with E-state index in [0.717, 1.165) is 55.3 Å². The van der Waals surface area contributed by atoms with Crippen molar-refractivity contribution in [3.8, 4) is 0 Å². The molecular weight excluding hydrogens is 276 g/mol. The van der Waals surface area contributed by atoms with Gasteiger partial charge >= 0.3 is 0 Å². The highest BCUT2D eigenvalue weighted by molar-refractivity contribution is 6.31. The lowest BCUT2D eigenvalue weighted by atomic mass is 10.1. The normalized spacial score (nSPS) is 16.6. The van der Waals surface area contributed by atoms with Gasteiger partial charge < -0.3 is 20.1 Å². The molecule has 0 aliphatic carbocycles. The zero-order valence-corrected chi connectivity index (χ0v) is 12.7. The van der Waals surface area contributed by atoms with Gasteiger partial charge in [0.05, 0.1) is 12.7 Å². The molecule has 2 rings (SSSR count). The van der Waals surface area contributed by atoms with Gasteiger partial charge in [-0.15, -0.1) is 0 Å². The second-order valence-electron chi connectivity index (χ2n) is 5.16. The second kappa shape index (κ2) is 7.84. The van der Waals surface area contributed by atoms with Gasteiger partial charge in [0.1, 0.15) is 0 Å². The van der Waals surface area contributed by atoms with Crippen LogP contribution in [0.25, 0.3) is 0 Å². The Labute approximate surface area is 125 Å². The van der Waals surface area contributed by atoms with Crippen LogP contribution in [0.5, 0.6) is 0 Å². The summed E-state index contributed by atoms with van der Waals surface area (Å²) in [6, 6.07) is 6.20. The maximum atomic E-state index is 9.54. The smallest absolute Gasteiger partial charge is 0.0587 e. The molecule has 0 bridgehead atoms. The molecule has 2 N–H and O–H groups in total. The summed E-state index contributed by atoms with van der Waals surface area (Å²) in [6.45, 7) is 4.05. The summed E-state index contributed by atoms with van der Waals surface area (Å²) in [5, 5.41) is 13.6. The van der Waals surface area contributed by atoms with E-state index in [2.05, 4.69) is 22.3 Å². The molecule has 0 atom stereocenters. The number of hydrogen-bond acceptors (Lipinski definition) is 4. The van der Waals surface area contributed by atoms with Crippen molar-refractivity contribution >= 4 is 17.3 Å². The number of halogens is 1. The molecule has 1 heterocycles. The molecule has 0 saturated carbocycles. The highest BCUT2D eigenvalue weighted by Gasteiger charge is 2.17. The monoisotopic (exact) mass is 298 g/mol. The molecule has 112 valence electrons. The number of piperidine rings is 1. The standard InChI is InChI=1S/C15H23ClN2O2/c1-20-9-6-17-11-12-2-3-13(10-15(12)16)18-7-4-14(19)5-8-18/h2-3,10,14,17,19H,4-9,11H2,1H3. The van der Waals surface area contributed by atoms with Crippen molar-refractivity contribution in [2.75, 3.05) is 38.3 Å². The van der Waals surface area contributed by atoms with Gasteiger partial charge in [-0.25, -0.2) is 0 Å². The van der Waals surface area contributed by atoms with Crippen molar-refractivity contribution in [1.82, 2.24) is 5.32 Å². The van der Waals surface area contributed by atoms with Crippen LogP contribution in [-0.2, 0) is 11.3 Å². The van der Waals surface area contributed by atoms with Crippen molar-refractivity contribution in [2.24, 2.45) is 0 Å². The zero-order valence-electron chi connectivity index (χ0n) is 11.9. The van der Waals surface area contributed by atoms with Crippen LogP contribution < -0.4 is 10.2 Å². The van der Waals surface area contributed by atoms with Gasteiger partial charge in [0, 0.05) is 44.0 Å². The van der Waals surface area contributed by atoms with Crippen LogP contribution in [0.4, 0.5) is 5.69 Å². The maximum absolute atomic E-state index is 9.54. The van der Waals surface area contributed by atoms with Crippen LogP contribution in [-0.4, -0.2) is 44.6 Å². The fraction of sp³-hybridized carbons (Fsp3) is 0.600. The molecule has 20 heavy (non-hydrogen) atoms. The van der Waals surface area contributed by atoms with E-state index in [4.69, 9.17) is 16.3 Å². The Kier molecular flexibility index (Phi) is 6.10. The van der Waals surface area contributed by atoms with Crippen molar-refractivity contribution < 1.29 is 9.84 Å². The minimum atomic E-state index is -0.147. The summed E-state index contributed by atoms with van der Waals surface area (Å²) >= 11 is 6.34. The molecule has 0 unspecified atom stereocenters. The third kappa shape index (κ3) is 4.35. The number of aliphatic hydroxyl groups is 1. The Morgan fingerprint density at radius 1 is 1.40 bits per heavy atom. The van der Waals surface area contributed by atoms with E-state index in [1.165, 1.54) is 0 Å². The number of methoxy groups -OCH3 is 1. The summed E-state index contributed by atoms with van der Waals surface area (Å²) in [7, 11) is 1.69. The molecule has 5 heteroatoms. The van der Waals surface area contributed by atoms with Gasteiger partial charge in [0.2, 0.25) is 0 Å².